The number of aliphatic carboxylic acids is 1. The molecule has 2 unspecified atom stereocenters. The number of amides is 1. The van der Waals surface area contributed by atoms with E-state index in [2.05, 4.69) is 9.97 Å². The summed E-state index contributed by atoms with van der Waals surface area (Å²) < 4.78 is 5.05. The van der Waals surface area contributed by atoms with E-state index in [1.54, 1.807) is 36.5 Å². The van der Waals surface area contributed by atoms with Gasteiger partial charge < -0.3 is 14.7 Å². The quantitative estimate of drug-likeness (QED) is 0.569. The van der Waals surface area contributed by atoms with Crippen molar-refractivity contribution < 1.29 is 19.4 Å². The Labute approximate surface area is 194 Å². The number of benzene rings is 2. The van der Waals surface area contributed by atoms with Crippen LogP contribution in [0.1, 0.15) is 34.8 Å². The van der Waals surface area contributed by atoms with Crippen molar-refractivity contribution in [3.63, 3.8) is 0 Å². The maximum atomic E-state index is 13.5. The van der Waals surface area contributed by atoms with Gasteiger partial charge in [-0.15, -0.1) is 0 Å². The summed E-state index contributed by atoms with van der Waals surface area (Å²) in [6.07, 6.45) is 2.38. The lowest BCUT2D eigenvalue weighted by atomic mass is 10.0. The standard InChI is InChI=1S/C23H19Cl2N3O4/c1-32-23-26-11-10-18(27-23)14-7-6-13(12-17(14)25)21(29)28-19(8-9-20(28)22(30)31)15-4-2-3-5-16(15)24/h2-7,10-12,19-20H,8-9H2,1H3,(H,30,31). The summed E-state index contributed by atoms with van der Waals surface area (Å²) in [5.74, 6) is -1.47. The van der Waals surface area contributed by atoms with Crippen molar-refractivity contribution in [3.05, 3.63) is 75.9 Å². The predicted octanol–water partition coefficient (Wildman–Crippen LogP) is 4.89. The number of likely N-dealkylation sites (tertiary alicyclic amines) is 1. The molecule has 0 aliphatic carbocycles. The molecule has 1 N–H and O–H groups in total. The molecule has 0 spiro atoms. The largest absolute Gasteiger partial charge is 0.480 e. The summed E-state index contributed by atoms with van der Waals surface area (Å²) >= 11 is 12.8. The van der Waals surface area contributed by atoms with Gasteiger partial charge in [0, 0.05) is 22.3 Å². The number of methoxy groups -OCH3 is 1. The second-order valence-electron chi connectivity index (χ2n) is 7.30. The minimum Gasteiger partial charge on any atom is -0.480 e. The van der Waals surface area contributed by atoms with Crippen LogP contribution in [0, 0.1) is 0 Å². The van der Waals surface area contributed by atoms with E-state index in [1.807, 2.05) is 12.1 Å². The molecule has 1 aliphatic rings. The zero-order valence-electron chi connectivity index (χ0n) is 17.0. The molecule has 2 atom stereocenters. The summed E-state index contributed by atoms with van der Waals surface area (Å²) in [7, 11) is 1.47. The van der Waals surface area contributed by atoms with Gasteiger partial charge in [-0.05, 0) is 42.7 Å². The first-order valence-corrected chi connectivity index (χ1v) is 10.6. The van der Waals surface area contributed by atoms with Crippen molar-refractivity contribution in [1.82, 2.24) is 14.9 Å². The number of halogens is 2. The second kappa shape index (κ2) is 9.14. The number of carboxylic acid groups (broad SMARTS) is 1. The van der Waals surface area contributed by atoms with Crippen LogP contribution < -0.4 is 4.74 Å². The van der Waals surface area contributed by atoms with Crippen molar-refractivity contribution in [1.29, 1.82) is 0 Å². The Bertz CT molecular complexity index is 1190. The van der Waals surface area contributed by atoms with Gasteiger partial charge in [0.05, 0.1) is 23.9 Å². The molecule has 0 radical (unpaired) electrons. The molecule has 32 heavy (non-hydrogen) atoms. The maximum absolute atomic E-state index is 13.5. The first-order chi connectivity index (χ1) is 15.4. The summed E-state index contributed by atoms with van der Waals surface area (Å²) in [6, 6.07) is 12.5. The van der Waals surface area contributed by atoms with E-state index in [4.69, 9.17) is 27.9 Å². The number of carbonyl (C=O) groups excluding carboxylic acids is 1. The lowest BCUT2D eigenvalue weighted by molar-refractivity contribution is -0.141. The molecule has 0 bridgehead atoms. The molecule has 2 heterocycles. The lowest BCUT2D eigenvalue weighted by Crippen LogP contribution is -2.41. The first kappa shape index (κ1) is 22.0. The van der Waals surface area contributed by atoms with Crippen LogP contribution in [0.25, 0.3) is 11.3 Å². The van der Waals surface area contributed by atoms with Crippen molar-refractivity contribution in [3.8, 4) is 17.3 Å². The number of carbonyl (C=O) groups is 2. The van der Waals surface area contributed by atoms with E-state index in [0.717, 1.165) is 5.56 Å². The molecule has 1 amide bonds. The van der Waals surface area contributed by atoms with Gasteiger partial charge in [-0.3, -0.25) is 4.79 Å². The van der Waals surface area contributed by atoms with Crippen LogP contribution in [0.4, 0.5) is 0 Å². The van der Waals surface area contributed by atoms with Crippen molar-refractivity contribution in [2.75, 3.05) is 7.11 Å². The third-order valence-electron chi connectivity index (χ3n) is 5.48. The number of aromatic nitrogens is 2. The lowest BCUT2D eigenvalue weighted by Gasteiger charge is -2.29. The zero-order valence-corrected chi connectivity index (χ0v) is 18.5. The molecule has 1 saturated heterocycles. The molecule has 4 rings (SSSR count). The molecule has 1 aromatic heterocycles. The van der Waals surface area contributed by atoms with Crippen LogP contribution in [0.15, 0.2) is 54.7 Å². The topological polar surface area (TPSA) is 92.6 Å². The maximum Gasteiger partial charge on any atom is 0.326 e. The monoisotopic (exact) mass is 471 g/mol. The molecule has 1 fully saturated rings. The third-order valence-corrected chi connectivity index (χ3v) is 6.13. The number of carboxylic acids is 1. The van der Waals surface area contributed by atoms with Gasteiger partial charge in [-0.1, -0.05) is 47.5 Å². The summed E-state index contributed by atoms with van der Waals surface area (Å²) in [4.78, 5) is 35.0. The highest BCUT2D eigenvalue weighted by atomic mass is 35.5. The molecule has 164 valence electrons. The average Bonchev–Trinajstić information content (AvgIpc) is 3.24. The van der Waals surface area contributed by atoms with Crippen LogP contribution >= 0.6 is 23.2 Å². The fraction of sp³-hybridized carbons (Fsp3) is 0.217. The van der Waals surface area contributed by atoms with Crippen molar-refractivity contribution >= 4 is 35.1 Å². The molecule has 7 nitrogen and oxygen atoms in total. The van der Waals surface area contributed by atoms with Gasteiger partial charge in [0.25, 0.3) is 5.91 Å². The first-order valence-electron chi connectivity index (χ1n) is 9.87. The van der Waals surface area contributed by atoms with E-state index < -0.39 is 24.0 Å². The van der Waals surface area contributed by atoms with Gasteiger partial charge >= 0.3 is 12.0 Å². The van der Waals surface area contributed by atoms with E-state index in [-0.39, 0.29) is 11.6 Å². The second-order valence-corrected chi connectivity index (χ2v) is 8.12. The Morgan fingerprint density at radius 3 is 2.56 bits per heavy atom. The van der Waals surface area contributed by atoms with Crippen LogP contribution in [-0.2, 0) is 4.79 Å². The molecule has 1 aliphatic heterocycles. The van der Waals surface area contributed by atoms with Gasteiger partial charge in [-0.25, -0.2) is 9.78 Å². The van der Waals surface area contributed by atoms with Gasteiger partial charge in [0.2, 0.25) is 0 Å². The highest BCUT2D eigenvalue weighted by Crippen LogP contribution is 2.40. The fourth-order valence-electron chi connectivity index (χ4n) is 3.98. The minimum absolute atomic E-state index is 0.197. The Balaban J connectivity index is 1.70. The Morgan fingerprint density at radius 1 is 1.09 bits per heavy atom. The Hall–Kier alpha value is -3.16. The highest BCUT2D eigenvalue weighted by Gasteiger charge is 2.42. The fourth-order valence-corrected chi connectivity index (χ4v) is 4.52. The van der Waals surface area contributed by atoms with E-state index in [0.29, 0.717) is 34.1 Å². The average molecular weight is 472 g/mol. The van der Waals surface area contributed by atoms with E-state index in [1.165, 1.54) is 18.1 Å². The highest BCUT2D eigenvalue weighted by molar-refractivity contribution is 6.33. The smallest absolute Gasteiger partial charge is 0.326 e. The zero-order chi connectivity index (χ0) is 22.8. The van der Waals surface area contributed by atoms with Crippen molar-refractivity contribution in [2.45, 2.75) is 24.9 Å². The number of hydrogen-bond acceptors (Lipinski definition) is 5. The molecule has 0 saturated carbocycles. The number of nitrogens with zero attached hydrogens (tertiary/aromatic N) is 3. The minimum atomic E-state index is -1.05. The van der Waals surface area contributed by atoms with Crippen LogP contribution in [0.3, 0.4) is 0 Å². The van der Waals surface area contributed by atoms with Crippen LogP contribution in [-0.4, -0.2) is 45.0 Å². The number of hydrogen-bond donors (Lipinski definition) is 1. The SMILES string of the molecule is COc1nccc(-c2ccc(C(=O)N3C(C(=O)O)CCC3c3ccccc3Cl)cc2Cl)n1. The van der Waals surface area contributed by atoms with E-state index in [9.17, 15) is 14.7 Å². The Kier molecular flexibility index (Phi) is 6.30. The summed E-state index contributed by atoms with van der Waals surface area (Å²) in [5, 5.41) is 10.5. The third kappa shape index (κ3) is 4.13. The van der Waals surface area contributed by atoms with Crippen molar-refractivity contribution in [2.24, 2.45) is 0 Å². The van der Waals surface area contributed by atoms with Gasteiger partial charge in [-0.2, -0.15) is 4.98 Å². The summed E-state index contributed by atoms with van der Waals surface area (Å²) in [5.41, 5.74) is 2.15. The Morgan fingerprint density at radius 2 is 1.88 bits per heavy atom. The molecule has 2 aromatic carbocycles. The van der Waals surface area contributed by atoms with Gasteiger partial charge in [0.1, 0.15) is 6.04 Å². The van der Waals surface area contributed by atoms with Crippen LogP contribution in [0.5, 0.6) is 6.01 Å². The van der Waals surface area contributed by atoms with Crippen LogP contribution in [0.2, 0.25) is 10.0 Å². The normalized spacial score (nSPS) is 17.9. The molecule has 9 heteroatoms. The molecular weight excluding hydrogens is 453 g/mol. The number of ether oxygens (including phenoxy) is 1. The summed E-state index contributed by atoms with van der Waals surface area (Å²) in [6.45, 7) is 0. The van der Waals surface area contributed by atoms with E-state index >= 15 is 0 Å². The molecule has 3 aromatic rings. The number of rotatable bonds is 5. The molecular formula is C23H19Cl2N3O4. The van der Waals surface area contributed by atoms with Gasteiger partial charge in [0.15, 0.2) is 0 Å². The predicted molar refractivity (Wildman–Crippen MR) is 120 cm³/mol.